The van der Waals surface area contributed by atoms with Gasteiger partial charge in [0.15, 0.2) is 0 Å². The van der Waals surface area contributed by atoms with Crippen molar-refractivity contribution in [3.05, 3.63) is 0 Å². The summed E-state index contributed by atoms with van der Waals surface area (Å²) in [6.45, 7) is 1.35. The topological polar surface area (TPSA) is 60.7 Å². The van der Waals surface area contributed by atoms with Gasteiger partial charge in [-0.3, -0.25) is 0 Å². The van der Waals surface area contributed by atoms with Gasteiger partial charge in [-0.15, -0.1) is 0 Å². The molecule has 0 amide bonds. The van der Waals surface area contributed by atoms with Crippen molar-refractivity contribution < 1.29 is 15.3 Å². The van der Waals surface area contributed by atoms with Gasteiger partial charge >= 0.3 is 29.6 Å². The summed E-state index contributed by atoms with van der Waals surface area (Å²) in [5.41, 5.74) is -0.667. The molecule has 0 aromatic heterocycles. The van der Waals surface area contributed by atoms with Gasteiger partial charge in [-0.25, -0.2) is 0 Å². The molecule has 0 rings (SSSR count). The molecule has 3 nitrogen and oxygen atoms in total. The van der Waals surface area contributed by atoms with Gasteiger partial charge in [0.1, 0.15) is 0 Å². The number of hydrogen-bond donors (Lipinski definition) is 3. The van der Waals surface area contributed by atoms with Crippen molar-refractivity contribution in [2.45, 2.75) is 13.3 Å². The van der Waals surface area contributed by atoms with Crippen LogP contribution in [-0.4, -0.2) is 64.7 Å². The van der Waals surface area contributed by atoms with E-state index in [1.807, 2.05) is 6.92 Å². The molecule has 0 heterocycles. The molecule has 0 aromatic carbocycles. The van der Waals surface area contributed by atoms with Crippen molar-refractivity contribution in [1.82, 2.24) is 0 Å². The maximum absolute atomic E-state index is 8.66. The number of rotatable bonds is 4. The molecule has 10 heavy (non-hydrogen) atoms. The van der Waals surface area contributed by atoms with Crippen LogP contribution < -0.4 is 0 Å². The first-order valence-electron chi connectivity index (χ1n) is 3.07. The second kappa shape index (κ2) is 6.58. The average Bonchev–Trinajstić information content (AvgIpc) is 1.95. The predicted molar refractivity (Wildman–Crippen MR) is 41.1 cm³/mol. The Balaban J connectivity index is 0. The van der Waals surface area contributed by atoms with E-state index in [0.717, 1.165) is 0 Å². The van der Waals surface area contributed by atoms with E-state index in [9.17, 15) is 0 Å². The molecule has 4 heteroatoms. The maximum atomic E-state index is 8.66. The van der Waals surface area contributed by atoms with Crippen LogP contribution in [0.15, 0.2) is 0 Å². The molecule has 0 aliphatic heterocycles. The van der Waals surface area contributed by atoms with Crippen LogP contribution in [0.2, 0.25) is 0 Å². The number of aliphatic hydroxyl groups excluding tert-OH is 3. The summed E-state index contributed by atoms with van der Waals surface area (Å²) in [6, 6.07) is 0. The van der Waals surface area contributed by atoms with Gasteiger partial charge in [0, 0.05) is 5.41 Å². The fourth-order valence-electron chi connectivity index (χ4n) is 0.485. The molecule has 0 fully saturated rings. The molecule has 0 saturated carbocycles. The summed E-state index contributed by atoms with van der Waals surface area (Å²) in [7, 11) is 0. The molecule has 0 aliphatic carbocycles. The zero-order valence-electron chi connectivity index (χ0n) is 5.67. The van der Waals surface area contributed by atoms with Crippen LogP contribution in [0.25, 0.3) is 0 Å². The molecule has 0 spiro atoms. The van der Waals surface area contributed by atoms with Crippen LogP contribution in [-0.2, 0) is 0 Å². The van der Waals surface area contributed by atoms with Crippen molar-refractivity contribution >= 4 is 29.6 Å². The monoisotopic (exact) mass is 158 g/mol. The molecule has 0 aromatic rings. The molecule has 0 unspecified atom stereocenters. The Morgan fingerprint density at radius 2 is 1.30 bits per heavy atom. The minimum absolute atomic E-state index is 0. The van der Waals surface area contributed by atoms with Crippen LogP contribution in [0.5, 0.6) is 0 Å². The third kappa shape index (κ3) is 3.32. The van der Waals surface area contributed by atoms with Gasteiger partial charge in [-0.2, -0.15) is 0 Å². The van der Waals surface area contributed by atoms with Gasteiger partial charge in [-0.05, 0) is 6.42 Å². The van der Waals surface area contributed by atoms with E-state index in [0.29, 0.717) is 6.42 Å². The summed E-state index contributed by atoms with van der Waals surface area (Å²) < 4.78 is 0. The van der Waals surface area contributed by atoms with Crippen molar-refractivity contribution in [3.63, 3.8) is 0 Å². The van der Waals surface area contributed by atoms with Gasteiger partial charge < -0.3 is 15.3 Å². The number of hydrogen-bond acceptors (Lipinski definition) is 3. The van der Waals surface area contributed by atoms with Crippen LogP contribution in [0, 0.1) is 5.41 Å². The second-order valence-electron chi connectivity index (χ2n) is 2.33. The molecular weight excluding hydrogens is 143 g/mol. The first kappa shape index (κ1) is 13.5. The molecule has 0 radical (unpaired) electrons. The summed E-state index contributed by atoms with van der Waals surface area (Å²) in [6.07, 6.45) is 0.594. The fraction of sp³-hybridized carbons (Fsp3) is 1.00. The standard InChI is InChI=1S/C6H14O3.Na.H/c1-2-6(3-7,4-8)5-9;;/h7-9H,2-5H2,1H3;;. The first-order chi connectivity index (χ1) is 4.24. The van der Waals surface area contributed by atoms with E-state index < -0.39 is 5.41 Å². The zero-order chi connectivity index (χ0) is 7.33. The molecule has 0 saturated heterocycles. The summed E-state index contributed by atoms with van der Waals surface area (Å²) in [5.74, 6) is 0. The van der Waals surface area contributed by atoms with Crippen LogP contribution in [0.3, 0.4) is 0 Å². The Morgan fingerprint density at radius 1 is 1.00 bits per heavy atom. The van der Waals surface area contributed by atoms with Crippen molar-refractivity contribution in [1.29, 1.82) is 0 Å². The Hall–Kier alpha value is 0.880. The summed E-state index contributed by atoms with van der Waals surface area (Å²) in [5, 5.41) is 26.0. The van der Waals surface area contributed by atoms with Crippen molar-refractivity contribution in [3.8, 4) is 0 Å². The molecule has 0 aliphatic rings. The molecule has 0 bridgehead atoms. The minimum atomic E-state index is -0.667. The van der Waals surface area contributed by atoms with E-state index in [2.05, 4.69) is 0 Å². The SMILES string of the molecule is CCC(CO)(CO)CO.[NaH]. The van der Waals surface area contributed by atoms with E-state index >= 15 is 0 Å². The summed E-state index contributed by atoms with van der Waals surface area (Å²) in [4.78, 5) is 0. The van der Waals surface area contributed by atoms with E-state index in [1.165, 1.54) is 0 Å². The quantitative estimate of drug-likeness (QED) is 0.446. The van der Waals surface area contributed by atoms with Crippen LogP contribution in [0.4, 0.5) is 0 Å². The van der Waals surface area contributed by atoms with E-state index in [-0.39, 0.29) is 49.4 Å². The Kier molecular flexibility index (Phi) is 8.86. The Bertz CT molecular complexity index is 55.9. The van der Waals surface area contributed by atoms with E-state index in [1.54, 1.807) is 0 Å². The predicted octanol–water partition coefficient (Wildman–Crippen LogP) is -1.29. The molecule has 3 N–H and O–H groups in total. The Morgan fingerprint density at radius 3 is 1.30 bits per heavy atom. The zero-order valence-corrected chi connectivity index (χ0v) is 5.67. The molecule has 58 valence electrons. The first-order valence-corrected chi connectivity index (χ1v) is 3.07. The fourth-order valence-corrected chi connectivity index (χ4v) is 0.485. The van der Waals surface area contributed by atoms with Crippen LogP contribution in [0.1, 0.15) is 13.3 Å². The normalized spacial score (nSPS) is 10.8. The van der Waals surface area contributed by atoms with Crippen LogP contribution >= 0.6 is 0 Å². The van der Waals surface area contributed by atoms with Gasteiger partial charge in [0.2, 0.25) is 0 Å². The average molecular weight is 158 g/mol. The molecular formula is C6H15NaO3. The van der Waals surface area contributed by atoms with E-state index in [4.69, 9.17) is 15.3 Å². The number of aliphatic hydroxyl groups is 3. The van der Waals surface area contributed by atoms with Crippen molar-refractivity contribution in [2.75, 3.05) is 19.8 Å². The third-order valence-corrected chi connectivity index (χ3v) is 1.76. The van der Waals surface area contributed by atoms with Gasteiger partial charge in [0.25, 0.3) is 0 Å². The van der Waals surface area contributed by atoms with Gasteiger partial charge in [0.05, 0.1) is 19.8 Å². The van der Waals surface area contributed by atoms with Crippen molar-refractivity contribution in [2.24, 2.45) is 5.41 Å². The second-order valence-corrected chi connectivity index (χ2v) is 2.33. The third-order valence-electron chi connectivity index (χ3n) is 1.76. The summed E-state index contributed by atoms with van der Waals surface area (Å²) >= 11 is 0. The molecule has 0 atom stereocenters. The van der Waals surface area contributed by atoms with Gasteiger partial charge in [-0.1, -0.05) is 6.92 Å². The Labute approximate surface area is 83.4 Å².